The van der Waals surface area contributed by atoms with Crippen LogP contribution in [0.4, 0.5) is 0 Å². The van der Waals surface area contributed by atoms with E-state index in [1.807, 2.05) is 0 Å². The molecule has 1 spiro atoms. The van der Waals surface area contributed by atoms with Crippen molar-refractivity contribution in [1.82, 2.24) is 0 Å². The summed E-state index contributed by atoms with van der Waals surface area (Å²) < 4.78 is 11.9. The lowest BCUT2D eigenvalue weighted by Crippen LogP contribution is -2.40. The number of hydrogen-bond acceptors (Lipinski definition) is 3. The summed E-state index contributed by atoms with van der Waals surface area (Å²) in [4.78, 5) is 0. The molecule has 3 nitrogen and oxygen atoms in total. The summed E-state index contributed by atoms with van der Waals surface area (Å²) >= 11 is 0. The zero-order chi connectivity index (χ0) is 16.4. The van der Waals surface area contributed by atoms with Crippen molar-refractivity contribution in [3.8, 4) is 6.07 Å². The van der Waals surface area contributed by atoms with E-state index in [-0.39, 0.29) is 17.1 Å². The molecule has 1 heterocycles. The third-order valence-corrected chi connectivity index (χ3v) is 7.80. The number of allylic oxidation sites excluding steroid dienone is 3. The number of hydrogen-bond donors (Lipinski definition) is 0. The minimum atomic E-state index is -0.297. The van der Waals surface area contributed by atoms with E-state index < -0.39 is 0 Å². The quantitative estimate of drug-likeness (QED) is 0.658. The number of rotatable bonds is 0. The van der Waals surface area contributed by atoms with Crippen molar-refractivity contribution < 1.29 is 9.47 Å². The maximum Gasteiger partial charge on any atom is 0.172 e. The van der Waals surface area contributed by atoms with Crippen LogP contribution < -0.4 is 0 Å². The summed E-state index contributed by atoms with van der Waals surface area (Å²) in [6.45, 7) is 3.89. The first-order valence-electron chi connectivity index (χ1n) is 9.74. The fraction of sp³-hybridized carbons (Fsp3) is 0.762. The molecule has 3 heteroatoms. The van der Waals surface area contributed by atoms with Gasteiger partial charge in [0.15, 0.2) is 5.79 Å². The third kappa shape index (κ3) is 1.96. The number of fused-ring (bicyclic) bond motifs is 4. The highest BCUT2D eigenvalue weighted by molar-refractivity contribution is 5.44. The molecule has 1 aliphatic heterocycles. The van der Waals surface area contributed by atoms with E-state index in [2.05, 4.69) is 19.1 Å². The summed E-state index contributed by atoms with van der Waals surface area (Å²) in [6.07, 6.45) is 11.5. The smallest absolute Gasteiger partial charge is 0.172 e. The largest absolute Gasteiger partial charge is 0.347 e. The van der Waals surface area contributed by atoms with E-state index in [1.165, 1.54) is 19.3 Å². The highest BCUT2D eigenvalue weighted by Gasteiger charge is 2.53. The van der Waals surface area contributed by atoms with Gasteiger partial charge in [-0.05, 0) is 66.9 Å². The van der Waals surface area contributed by atoms with Crippen molar-refractivity contribution in [3.63, 3.8) is 0 Å². The van der Waals surface area contributed by atoms with Gasteiger partial charge in [-0.3, -0.25) is 0 Å². The van der Waals surface area contributed by atoms with E-state index in [0.717, 1.165) is 45.3 Å². The molecule has 5 rings (SSSR count). The Hall–Kier alpha value is -1.11. The van der Waals surface area contributed by atoms with Gasteiger partial charge in [0.1, 0.15) is 0 Å². The summed E-state index contributed by atoms with van der Waals surface area (Å²) in [7, 11) is 0. The van der Waals surface area contributed by atoms with E-state index >= 15 is 0 Å². The standard InChI is InChI=1S/C21H27NO2/c1-20-8-6-17-16-7-9-21(23-10-11-24-21)12-14(16)2-4-18(17)19(20)5-3-15(20)13-22/h6,15,18-19H,2-5,7-12H2,1H3/t15-,18?,19?,20-/m1/s1. The second kappa shape index (κ2) is 5.19. The van der Waals surface area contributed by atoms with Crippen molar-refractivity contribution in [2.24, 2.45) is 23.2 Å². The maximum atomic E-state index is 9.56. The molecular weight excluding hydrogens is 298 g/mol. The summed E-state index contributed by atoms with van der Waals surface area (Å²) in [6, 6.07) is 2.61. The van der Waals surface area contributed by atoms with E-state index in [4.69, 9.17) is 9.47 Å². The fourth-order valence-electron chi connectivity index (χ4n) is 6.51. The highest BCUT2D eigenvalue weighted by atomic mass is 16.7. The summed E-state index contributed by atoms with van der Waals surface area (Å²) in [5.74, 6) is 1.37. The molecule has 1 saturated carbocycles. The van der Waals surface area contributed by atoms with Gasteiger partial charge >= 0.3 is 0 Å². The lowest BCUT2D eigenvalue weighted by atomic mass is 9.57. The highest BCUT2D eigenvalue weighted by Crippen LogP contribution is 2.61. The average molecular weight is 325 g/mol. The Morgan fingerprint density at radius 1 is 1.17 bits per heavy atom. The molecule has 0 N–H and O–H groups in total. The van der Waals surface area contributed by atoms with Crippen molar-refractivity contribution in [2.75, 3.05) is 13.2 Å². The van der Waals surface area contributed by atoms with Crippen LogP contribution in [0.25, 0.3) is 0 Å². The Labute approximate surface area is 144 Å². The molecule has 0 radical (unpaired) electrons. The van der Waals surface area contributed by atoms with Crippen LogP contribution in [0.15, 0.2) is 22.8 Å². The molecule has 0 aromatic heterocycles. The molecule has 0 aromatic carbocycles. The first-order valence-corrected chi connectivity index (χ1v) is 9.74. The Bertz CT molecular complexity index is 664. The molecule has 1 saturated heterocycles. The molecule has 0 aromatic rings. The summed E-state index contributed by atoms with van der Waals surface area (Å²) in [5.41, 5.74) is 5.10. The Balaban J connectivity index is 1.48. The third-order valence-electron chi connectivity index (χ3n) is 7.80. The molecule has 4 aliphatic carbocycles. The molecule has 0 amide bonds. The SMILES string of the molecule is C[C@]12CC=C3C4=C(CCC3C1CC[C@@H]2C#N)CC1(CC4)OCCO1. The van der Waals surface area contributed by atoms with Crippen LogP contribution in [0.5, 0.6) is 0 Å². The van der Waals surface area contributed by atoms with E-state index in [9.17, 15) is 5.26 Å². The predicted octanol–water partition coefficient (Wildman–Crippen LogP) is 4.51. The lowest BCUT2D eigenvalue weighted by molar-refractivity contribution is -0.164. The number of nitrogens with zero attached hydrogens (tertiary/aromatic N) is 1. The fourth-order valence-corrected chi connectivity index (χ4v) is 6.51. The van der Waals surface area contributed by atoms with Gasteiger partial charge in [0.25, 0.3) is 0 Å². The zero-order valence-corrected chi connectivity index (χ0v) is 14.6. The number of nitriles is 1. The van der Waals surface area contributed by atoms with Crippen LogP contribution in [-0.2, 0) is 9.47 Å². The van der Waals surface area contributed by atoms with Crippen molar-refractivity contribution in [2.45, 2.75) is 64.1 Å². The van der Waals surface area contributed by atoms with Crippen molar-refractivity contribution >= 4 is 0 Å². The Morgan fingerprint density at radius 2 is 2.00 bits per heavy atom. The van der Waals surface area contributed by atoms with Crippen LogP contribution in [0.2, 0.25) is 0 Å². The minimum Gasteiger partial charge on any atom is -0.347 e. The maximum absolute atomic E-state index is 9.56. The molecular formula is C21H27NO2. The van der Waals surface area contributed by atoms with Crippen molar-refractivity contribution in [1.29, 1.82) is 5.26 Å². The molecule has 2 unspecified atom stereocenters. The van der Waals surface area contributed by atoms with Gasteiger partial charge in [0.05, 0.1) is 25.2 Å². The van der Waals surface area contributed by atoms with Crippen LogP contribution in [0.1, 0.15) is 58.3 Å². The first kappa shape index (κ1) is 15.2. The lowest BCUT2D eigenvalue weighted by Gasteiger charge is -2.48. The minimum absolute atomic E-state index is 0.217. The predicted molar refractivity (Wildman–Crippen MR) is 90.9 cm³/mol. The molecule has 5 aliphatic rings. The van der Waals surface area contributed by atoms with Gasteiger partial charge in [0, 0.05) is 12.8 Å². The van der Waals surface area contributed by atoms with Crippen LogP contribution >= 0.6 is 0 Å². The van der Waals surface area contributed by atoms with Gasteiger partial charge in [-0.2, -0.15) is 5.26 Å². The molecule has 0 bridgehead atoms. The normalized spacial score (nSPS) is 43.0. The number of ether oxygens (including phenoxy) is 2. The monoisotopic (exact) mass is 325 g/mol. The van der Waals surface area contributed by atoms with Gasteiger partial charge in [-0.15, -0.1) is 0 Å². The van der Waals surface area contributed by atoms with Gasteiger partial charge in [-0.1, -0.05) is 18.6 Å². The Morgan fingerprint density at radius 3 is 2.79 bits per heavy atom. The van der Waals surface area contributed by atoms with Crippen LogP contribution in [0.3, 0.4) is 0 Å². The molecule has 24 heavy (non-hydrogen) atoms. The average Bonchev–Trinajstić information content (AvgIpc) is 3.18. The molecule has 2 fully saturated rings. The Kier molecular flexibility index (Phi) is 3.28. The molecule has 4 atom stereocenters. The zero-order valence-electron chi connectivity index (χ0n) is 14.6. The molecule has 128 valence electrons. The second-order valence-corrected chi connectivity index (χ2v) is 8.75. The topological polar surface area (TPSA) is 42.2 Å². The van der Waals surface area contributed by atoms with Crippen LogP contribution in [-0.4, -0.2) is 19.0 Å². The van der Waals surface area contributed by atoms with Gasteiger partial charge < -0.3 is 9.47 Å². The van der Waals surface area contributed by atoms with Gasteiger partial charge in [-0.25, -0.2) is 0 Å². The second-order valence-electron chi connectivity index (χ2n) is 8.75. The van der Waals surface area contributed by atoms with Crippen LogP contribution in [0, 0.1) is 34.5 Å². The van der Waals surface area contributed by atoms with E-state index in [1.54, 1.807) is 16.7 Å². The first-order chi connectivity index (χ1) is 11.7. The summed E-state index contributed by atoms with van der Waals surface area (Å²) in [5, 5.41) is 9.56. The van der Waals surface area contributed by atoms with E-state index in [0.29, 0.717) is 11.8 Å². The van der Waals surface area contributed by atoms with Crippen molar-refractivity contribution in [3.05, 3.63) is 22.8 Å². The van der Waals surface area contributed by atoms with Gasteiger partial charge in [0.2, 0.25) is 0 Å².